The van der Waals surface area contributed by atoms with Crippen LogP contribution in [0.1, 0.15) is 18.1 Å². The largest absolute Gasteiger partial charge is 0.490 e. The van der Waals surface area contributed by atoms with Gasteiger partial charge < -0.3 is 19.1 Å². The van der Waals surface area contributed by atoms with Gasteiger partial charge in [0, 0.05) is 29.7 Å². The van der Waals surface area contributed by atoms with Crippen molar-refractivity contribution in [3.63, 3.8) is 0 Å². The number of halogens is 1. The molecule has 0 radical (unpaired) electrons. The number of hydrogen-bond acceptors (Lipinski definition) is 9. The number of benzene rings is 2. The third-order valence-electron chi connectivity index (χ3n) is 5.70. The monoisotopic (exact) mass is 605 g/mol. The highest BCUT2D eigenvalue weighted by Gasteiger charge is 2.37. The third kappa shape index (κ3) is 6.52. The first kappa shape index (κ1) is 27.6. The van der Waals surface area contributed by atoms with Gasteiger partial charge in [0.2, 0.25) is 5.91 Å². The van der Waals surface area contributed by atoms with Crippen molar-refractivity contribution < 1.29 is 33.5 Å². The number of rotatable bonds is 9. The molecule has 2 saturated heterocycles. The standard InChI is InChI=1S/C25H24BrN3O8S/c1-2-36-20-11-17(19(26)13-21(20)37-15-16-4-3-5-18(10-16)29(33)34)12-22-24(31)28(25(32)38-22)14-23(30)27-6-8-35-9-7-27/h3-5,10-13H,2,6-9,14-15H2,1H3/b22-12+. The average Bonchev–Trinajstić information content (AvgIpc) is 3.17. The first-order valence-electron chi connectivity index (χ1n) is 11.7. The van der Waals surface area contributed by atoms with E-state index in [0.717, 1.165) is 16.7 Å². The lowest BCUT2D eigenvalue weighted by molar-refractivity contribution is -0.384. The van der Waals surface area contributed by atoms with Crippen molar-refractivity contribution in [1.82, 2.24) is 9.80 Å². The minimum absolute atomic E-state index is 0.0340. The number of morpholine rings is 1. The van der Waals surface area contributed by atoms with Gasteiger partial charge in [-0.05, 0) is 48.0 Å². The summed E-state index contributed by atoms with van der Waals surface area (Å²) in [5.41, 5.74) is 1.15. The van der Waals surface area contributed by atoms with E-state index in [1.807, 2.05) is 6.92 Å². The van der Waals surface area contributed by atoms with E-state index >= 15 is 0 Å². The summed E-state index contributed by atoms with van der Waals surface area (Å²) >= 11 is 4.24. The van der Waals surface area contributed by atoms with Gasteiger partial charge in [-0.3, -0.25) is 29.4 Å². The topological polar surface area (TPSA) is 129 Å². The van der Waals surface area contributed by atoms with E-state index in [1.165, 1.54) is 12.1 Å². The Kier molecular flexibility index (Phi) is 9.02. The highest BCUT2D eigenvalue weighted by Crippen LogP contribution is 2.38. The number of nitro benzene ring substituents is 1. The first-order chi connectivity index (χ1) is 18.3. The van der Waals surface area contributed by atoms with Crippen LogP contribution in [-0.4, -0.2) is 71.2 Å². The van der Waals surface area contributed by atoms with Gasteiger partial charge in [-0.15, -0.1) is 0 Å². The SMILES string of the molecule is CCOc1cc(/C=C2/SC(=O)N(CC(=O)N3CCOCC3)C2=O)c(Br)cc1OCc1cccc([N+](=O)[O-])c1. The van der Waals surface area contributed by atoms with Crippen molar-refractivity contribution in [3.05, 3.63) is 67.0 Å². The summed E-state index contributed by atoms with van der Waals surface area (Å²) < 4.78 is 17.4. The molecule has 3 amide bonds. The van der Waals surface area contributed by atoms with Crippen LogP contribution in [0.15, 0.2) is 45.8 Å². The normalized spacial score (nSPS) is 16.7. The molecule has 0 bridgehead atoms. The predicted molar refractivity (Wildman–Crippen MR) is 143 cm³/mol. The summed E-state index contributed by atoms with van der Waals surface area (Å²) in [7, 11) is 0. The molecular weight excluding hydrogens is 582 g/mol. The third-order valence-corrected chi connectivity index (χ3v) is 7.29. The minimum Gasteiger partial charge on any atom is -0.490 e. The summed E-state index contributed by atoms with van der Waals surface area (Å²) in [6.07, 6.45) is 1.56. The predicted octanol–water partition coefficient (Wildman–Crippen LogP) is 4.23. The van der Waals surface area contributed by atoms with Gasteiger partial charge in [0.25, 0.3) is 16.8 Å². The van der Waals surface area contributed by atoms with Crippen LogP contribution in [0, 0.1) is 10.1 Å². The maximum Gasteiger partial charge on any atom is 0.294 e. The fraction of sp³-hybridized carbons (Fsp3) is 0.320. The van der Waals surface area contributed by atoms with Gasteiger partial charge >= 0.3 is 0 Å². The minimum atomic E-state index is -0.544. The zero-order valence-corrected chi connectivity index (χ0v) is 22.8. The zero-order chi connectivity index (χ0) is 27.2. The van der Waals surface area contributed by atoms with Crippen molar-refractivity contribution in [1.29, 1.82) is 0 Å². The van der Waals surface area contributed by atoms with Crippen LogP contribution in [0.4, 0.5) is 10.5 Å². The molecule has 38 heavy (non-hydrogen) atoms. The summed E-state index contributed by atoms with van der Waals surface area (Å²) in [5, 5.41) is 10.5. The molecular formula is C25H24BrN3O8S. The van der Waals surface area contributed by atoms with Crippen LogP contribution >= 0.6 is 27.7 Å². The smallest absolute Gasteiger partial charge is 0.294 e. The molecule has 11 nitrogen and oxygen atoms in total. The Morgan fingerprint density at radius 1 is 1.18 bits per heavy atom. The molecule has 0 unspecified atom stereocenters. The first-order valence-corrected chi connectivity index (χ1v) is 13.3. The molecule has 2 aliphatic rings. The second-order valence-corrected chi connectivity index (χ2v) is 10.1. The number of ether oxygens (including phenoxy) is 3. The number of carbonyl (C=O) groups excluding carboxylic acids is 3. The van der Waals surface area contributed by atoms with E-state index in [-0.39, 0.29) is 29.7 Å². The summed E-state index contributed by atoms with van der Waals surface area (Å²) in [6.45, 7) is 3.60. The zero-order valence-electron chi connectivity index (χ0n) is 20.4. The van der Waals surface area contributed by atoms with Crippen LogP contribution < -0.4 is 9.47 Å². The van der Waals surface area contributed by atoms with Crippen LogP contribution in [0.25, 0.3) is 6.08 Å². The Balaban J connectivity index is 1.50. The summed E-state index contributed by atoms with van der Waals surface area (Å²) in [5.74, 6) is -0.0555. The van der Waals surface area contributed by atoms with Crippen LogP contribution in [0.2, 0.25) is 0 Å². The van der Waals surface area contributed by atoms with Crippen LogP contribution in [0.5, 0.6) is 11.5 Å². The Morgan fingerprint density at radius 2 is 1.92 bits per heavy atom. The Morgan fingerprint density at radius 3 is 2.63 bits per heavy atom. The molecule has 2 aliphatic heterocycles. The van der Waals surface area contributed by atoms with Crippen molar-refractivity contribution in [3.8, 4) is 11.5 Å². The number of nitro groups is 1. The fourth-order valence-electron chi connectivity index (χ4n) is 3.79. The van der Waals surface area contributed by atoms with Crippen molar-refractivity contribution in [2.75, 3.05) is 39.5 Å². The highest BCUT2D eigenvalue weighted by atomic mass is 79.9. The van der Waals surface area contributed by atoms with E-state index < -0.39 is 16.1 Å². The van der Waals surface area contributed by atoms with Crippen molar-refractivity contribution in [2.45, 2.75) is 13.5 Å². The molecule has 2 aromatic rings. The summed E-state index contributed by atoms with van der Waals surface area (Å²) in [4.78, 5) is 51.3. The van der Waals surface area contributed by atoms with Crippen molar-refractivity contribution >= 4 is 56.5 Å². The lowest BCUT2D eigenvalue weighted by Gasteiger charge is -2.28. The van der Waals surface area contributed by atoms with E-state index in [1.54, 1.807) is 35.2 Å². The van der Waals surface area contributed by atoms with Gasteiger partial charge in [0.1, 0.15) is 13.2 Å². The lowest BCUT2D eigenvalue weighted by Crippen LogP contribution is -2.46. The van der Waals surface area contributed by atoms with Gasteiger partial charge in [-0.1, -0.05) is 28.1 Å². The molecule has 0 N–H and O–H groups in total. The van der Waals surface area contributed by atoms with Crippen molar-refractivity contribution in [2.24, 2.45) is 0 Å². The molecule has 2 heterocycles. The fourth-order valence-corrected chi connectivity index (χ4v) is 5.06. The van der Waals surface area contributed by atoms with E-state index in [9.17, 15) is 24.5 Å². The van der Waals surface area contributed by atoms with Crippen LogP contribution in [0.3, 0.4) is 0 Å². The molecule has 0 aromatic heterocycles. The van der Waals surface area contributed by atoms with Gasteiger partial charge in [-0.25, -0.2) is 0 Å². The van der Waals surface area contributed by atoms with Gasteiger partial charge in [0.05, 0.1) is 29.6 Å². The second-order valence-electron chi connectivity index (χ2n) is 8.23. The number of amides is 3. The molecule has 0 aliphatic carbocycles. The maximum absolute atomic E-state index is 13.0. The Labute approximate surface area is 231 Å². The van der Waals surface area contributed by atoms with E-state index in [4.69, 9.17) is 14.2 Å². The molecule has 0 spiro atoms. The lowest BCUT2D eigenvalue weighted by atomic mass is 10.1. The molecule has 200 valence electrons. The molecule has 2 aromatic carbocycles. The number of thioether (sulfide) groups is 1. The number of non-ortho nitro benzene ring substituents is 1. The number of carbonyl (C=O) groups is 3. The average molecular weight is 606 g/mol. The maximum atomic E-state index is 13.0. The highest BCUT2D eigenvalue weighted by molar-refractivity contribution is 9.10. The second kappa shape index (κ2) is 12.4. The summed E-state index contributed by atoms with van der Waals surface area (Å²) in [6, 6.07) is 9.48. The molecule has 0 atom stereocenters. The number of imide groups is 1. The molecule has 2 fully saturated rings. The number of hydrogen-bond donors (Lipinski definition) is 0. The number of nitrogens with zero attached hydrogens (tertiary/aromatic N) is 3. The van der Waals surface area contributed by atoms with Gasteiger partial charge in [-0.2, -0.15) is 0 Å². The van der Waals surface area contributed by atoms with Crippen LogP contribution in [-0.2, 0) is 20.9 Å². The Hall–Kier alpha value is -3.42. The molecule has 13 heteroatoms. The van der Waals surface area contributed by atoms with E-state index in [2.05, 4.69) is 15.9 Å². The molecule has 4 rings (SSSR count). The van der Waals surface area contributed by atoms with Gasteiger partial charge in [0.15, 0.2) is 11.5 Å². The quantitative estimate of drug-likeness (QED) is 0.234. The molecule has 0 saturated carbocycles. The van der Waals surface area contributed by atoms with E-state index in [0.29, 0.717) is 60.0 Å². The Bertz CT molecular complexity index is 1300.